The van der Waals surface area contributed by atoms with Crippen molar-refractivity contribution in [2.45, 2.75) is 39.3 Å². The van der Waals surface area contributed by atoms with Crippen LogP contribution in [0.2, 0.25) is 0 Å². The molecule has 35 heavy (non-hydrogen) atoms. The van der Waals surface area contributed by atoms with E-state index in [4.69, 9.17) is 13.9 Å². The Morgan fingerprint density at radius 1 is 1.14 bits per heavy atom. The third-order valence-corrected chi connectivity index (χ3v) is 5.75. The molecule has 10 nitrogen and oxygen atoms in total. The van der Waals surface area contributed by atoms with E-state index < -0.39 is 24.0 Å². The van der Waals surface area contributed by atoms with Crippen molar-refractivity contribution in [2.24, 2.45) is 0 Å². The van der Waals surface area contributed by atoms with E-state index in [0.29, 0.717) is 36.6 Å². The van der Waals surface area contributed by atoms with Crippen LogP contribution in [0.25, 0.3) is 0 Å². The van der Waals surface area contributed by atoms with Gasteiger partial charge in [-0.05, 0) is 50.1 Å². The molecule has 2 aromatic rings. The van der Waals surface area contributed by atoms with E-state index in [1.807, 2.05) is 6.07 Å². The lowest BCUT2D eigenvalue weighted by Gasteiger charge is -2.27. The van der Waals surface area contributed by atoms with Crippen LogP contribution in [0.15, 0.2) is 52.1 Å². The number of esters is 2. The number of nitrogens with one attached hydrogen (secondary N) is 2. The minimum absolute atomic E-state index is 0.0925. The molecule has 0 bridgehead atoms. The Bertz CT molecular complexity index is 1180. The summed E-state index contributed by atoms with van der Waals surface area (Å²) < 4.78 is 16.3. The summed E-state index contributed by atoms with van der Waals surface area (Å²) in [6.07, 6.45) is 1.37. The fraction of sp³-hybridized carbons (Fsp3) is 0.360. The first kappa shape index (κ1) is 24.1. The number of rotatable bonds is 8. The lowest BCUT2D eigenvalue weighted by molar-refractivity contribution is -0.139. The number of carbonyl (C=O) groups is 4. The van der Waals surface area contributed by atoms with Crippen molar-refractivity contribution in [3.63, 3.8) is 0 Å². The summed E-state index contributed by atoms with van der Waals surface area (Å²) in [5.74, 6) is -0.233. The molecule has 3 amide bonds. The second-order valence-corrected chi connectivity index (χ2v) is 8.29. The number of amides is 3. The molecular weight excluding hydrogens is 454 g/mol. The van der Waals surface area contributed by atoms with Gasteiger partial charge in [-0.1, -0.05) is 12.1 Å². The van der Waals surface area contributed by atoms with Crippen molar-refractivity contribution in [3.05, 3.63) is 70.3 Å². The van der Waals surface area contributed by atoms with Crippen LogP contribution in [0.5, 0.6) is 0 Å². The van der Waals surface area contributed by atoms with Crippen molar-refractivity contribution in [1.82, 2.24) is 15.5 Å². The van der Waals surface area contributed by atoms with E-state index in [2.05, 4.69) is 10.6 Å². The average molecular weight is 482 g/mol. The molecule has 1 aromatic carbocycles. The van der Waals surface area contributed by atoms with Gasteiger partial charge in [-0.25, -0.2) is 14.4 Å². The molecule has 2 aliphatic rings. The number of ether oxygens (including phenoxy) is 2. The topological polar surface area (TPSA) is 127 Å². The first-order chi connectivity index (χ1) is 16.9. The van der Waals surface area contributed by atoms with Gasteiger partial charge >= 0.3 is 18.0 Å². The van der Waals surface area contributed by atoms with E-state index in [-0.39, 0.29) is 30.4 Å². The number of urea groups is 1. The molecule has 1 aromatic heterocycles. The van der Waals surface area contributed by atoms with Crippen molar-refractivity contribution in [2.75, 3.05) is 19.8 Å². The largest absolute Gasteiger partial charge is 0.464 e. The maximum Gasteiger partial charge on any atom is 0.338 e. The van der Waals surface area contributed by atoms with Gasteiger partial charge in [-0.2, -0.15) is 0 Å². The maximum absolute atomic E-state index is 12.8. The van der Waals surface area contributed by atoms with Crippen LogP contribution in [-0.4, -0.2) is 48.5 Å². The number of aryl methyl sites for hydroxylation is 1. The van der Waals surface area contributed by atoms with Crippen molar-refractivity contribution in [1.29, 1.82) is 0 Å². The second kappa shape index (κ2) is 10.5. The molecule has 1 fully saturated rings. The zero-order valence-corrected chi connectivity index (χ0v) is 19.6. The van der Waals surface area contributed by atoms with Crippen LogP contribution >= 0.6 is 0 Å². The molecule has 3 heterocycles. The van der Waals surface area contributed by atoms with E-state index in [1.165, 1.54) is 0 Å². The van der Waals surface area contributed by atoms with Crippen molar-refractivity contribution in [3.8, 4) is 0 Å². The number of carbonyl (C=O) groups excluding carboxylic acids is 4. The Hall–Kier alpha value is -4.08. The number of likely N-dealkylation sites (tertiary alicyclic amines) is 1. The normalized spacial score (nSPS) is 17.8. The highest BCUT2D eigenvalue weighted by molar-refractivity contribution is 5.95. The lowest BCUT2D eigenvalue weighted by atomic mass is 10.0. The van der Waals surface area contributed by atoms with Gasteiger partial charge in [0.25, 0.3) is 0 Å². The number of hydrogen-bond acceptors (Lipinski definition) is 7. The zero-order valence-electron chi connectivity index (χ0n) is 19.6. The van der Waals surface area contributed by atoms with E-state index in [1.54, 1.807) is 49.1 Å². The molecule has 1 unspecified atom stereocenters. The SMILES string of the molecule is CCOC(=O)C1=C(COC(=O)c2cccc(CN3CCCC3=O)c2)NC(=O)NC1c1ccc(C)o1. The molecule has 10 heteroatoms. The smallest absolute Gasteiger partial charge is 0.338 e. The van der Waals surface area contributed by atoms with E-state index in [9.17, 15) is 19.2 Å². The molecule has 184 valence electrons. The van der Waals surface area contributed by atoms with Crippen LogP contribution in [0.1, 0.15) is 53.2 Å². The van der Waals surface area contributed by atoms with Crippen LogP contribution < -0.4 is 10.6 Å². The second-order valence-electron chi connectivity index (χ2n) is 8.29. The summed E-state index contributed by atoms with van der Waals surface area (Å²) >= 11 is 0. The average Bonchev–Trinajstić information content (AvgIpc) is 3.45. The summed E-state index contributed by atoms with van der Waals surface area (Å²) in [4.78, 5) is 51.5. The molecule has 2 N–H and O–H groups in total. The predicted octanol–water partition coefficient (Wildman–Crippen LogP) is 2.74. The number of hydrogen-bond donors (Lipinski definition) is 2. The molecule has 4 rings (SSSR count). The highest BCUT2D eigenvalue weighted by Gasteiger charge is 2.36. The fourth-order valence-electron chi connectivity index (χ4n) is 4.11. The fourth-order valence-corrected chi connectivity index (χ4v) is 4.11. The molecule has 1 atom stereocenters. The summed E-state index contributed by atoms with van der Waals surface area (Å²) in [6, 6.07) is 8.74. The van der Waals surface area contributed by atoms with Crippen LogP contribution in [0, 0.1) is 6.92 Å². The first-order valence-electron chi connectivity index (χ1n) is 11.4. The Labute approximate surface area is 202 Å². The first-order valence-corrected chi connectivity index (χ1v) is 11.4. The molecule has 1 saturated heterocycles. The highest BCUT2D eigenvalue weighted by atomic mass is 16.5. The van der Waals surface area contributed by atoms with Gasteiger partial charge in [0.1, 0.15) is 24.2 Å². The minimum atomic E-state index is -0.897. The number of furan rings is 1. The van der Waals surface area contributed by atoms with E-state index in [0.717, 1.165) is 12.0 Å². The van der Waals surface area contributed by atoms with E-state index >= 15 is 0 Å². The Morgan fingerprint density at radius 2 is 1.97 bits per heavy atom. The van der Waals surface area contributed by atoms with Gasteiger partial charge in [0.2, 0.25) is 5.91 Å². The molecule has 0 aliphatic carbocycles. The summed E-state index contributed by atoms with van der Waals surface area (Å²) in [5, 5.41) is 5.20. The Balaban J connectivity index is 1.53. The molecule has 0 saturated carbocycles. The third-order valence-electron chi connectivity index (χ3n) is 5.75. The van der Waals surface area contributed by atoms with Crippen LogP contribution in [0.4, 0.5) is 4.79 Å². The lowest BCUT2D eigenvalue weighted by Crippen LogP contribution is -2.47. The van der Waals surface area contributed by atoms with Gasteiger partial charge in [0.05, 0.1) is 23.4 Å². The zero-order chi connectivity index (χ0) is 24.9. The highest BCUT2D eigenvalue weighted by Crippen LogP contribution is 2.29. The molecular formula is C25H27N3O7. The van der Waals surface area contributed by atoms with Gasteiger partial charge in [-0.3, -0.25) is 4.79 Å². The monoisotopic (exact) mass is 481 g/mol. The van der Waals surface area contributed by atoms with Crippen molar-refractivity contribution < 1.29 is 33.1 Å². The summed E-state index contributed by atoms with van der Waals surface area (Å²) in [7, 11) is 0. The maximum atomic E-state index is 12.8. The number of nitrogens with zero attached hydrogens (tertiary/aromatic N) is 1. The standard InChI is InChI=1S/C25H27N3O7/c1-3-33-24(31)21-18(26-25(32)27-22(21)19-10-9-15(2)35-19)14-34-23(30)17-7-4-6-16(12-17)13-28-11-5-8-20(28)29/h4,6-7,9-10,12,22H,3,5,8,11,13-14H2,1-2H3,(H2,26,27,32). The van der Waals surface area contributed by atoms with Gasteiger partial charge < -0.3 is 29.4 Å². The predicted molar refractivity (Wildman–Crippen MR) is 123 cm³/mol. The molecule has 0 radical (unpaired) electrons. The van der Waals surface area contributed by atoms with Crippen LogP contribution in [0.3, 0.4) is 0 Å². The Morgan fingerprint density at radius 3 is 2.66 bits per heavy atom. The van der Waals surface area contributed by atoms with Gasteiger partial charge in [-0.15, -0.1) is 0 Å². The van der Waals surface area contributed by atoms with Gasteiger partial charge in [0, 0.05) is 19.5 Å². The Kier molecular flexibility index (Phi) is 7.19. The molecule has 2 aliphatic heterocycles. The number of benzene rings is 1. The third kappa shape index (κ3) is 5.53. The molecule has 0 spiro atoms. The van der Waals surface area contributed by atoms with Crippen molar-refractivity contribution >= 4 is 23.9 Å². The quantitative estimate of drug-likeness (QED) is 0.555. The van der Waals surface area contributed by atoms with Gasteiger partial charge in [0.15, 0.2) is 0 Å². The minimum Gasteiger partial charge on any atom is -0.464 e. The van der Waals surface area contributed by atoms with Crippen LogP contribution in [-0.2, 0) is 25.6 Å². The summed E-state index contributed by atoms with van der Waals surface area (Å²) in [5.41, 5.74) is 1.31. The summed E-state index contributed by atoms with van der Waals surface area (Å²) in [6.45, 7) is 4.30.